The Bertz CT molecular complexity index is 803. The normalized spacial score (nSPS) is 20.0. The van der Waals surface area contributed by atoms with Gasteiger partial charge in [-0.05, 0) is 56.2 Å². The Balaban J connectivity index is 0.00000320. The molecule has 0 radical (unpaired) electrons. The Labute approximate surface area is 198 Å². The Morgan fingerprint density at radius 1 is 1.20 bits per heavy atom. The zero-order valence-corrected chi connectivity index (χ0v) is 21.4. The molecule has 9 heteroatoms. The number of halogens is 1. The van der Waals surface area contributed by atoms with Crippen molar-refractivity contribution in [3.8, 4) is 0 Å². The largest absolute Gasteiger partial charge is 0.372 e. The topological polar surface area (TPSA) is 77.0 Å². The predicted molar refractivity (Wildman–Crippen MR) is 135 cm³/mol. The molecule has 2 fully saturated rings. The summed E-state index contributed by atoms with van der Waals surface area (Å²) in [5.41, 5.74) is 2.55. The number of benzene rings is 1. The summed E-state index contributed by atoms with van der Waals surface area (Å²) < 4.78 is 24.9. The third kappa shape index (κ3) is 6.98. The molecule has 170 valence electrons. The predicted octanol–water partition coefficient (Wildman–Crippen LogP) is 2.80. The highest BCUT2D eigenvalue weighted by molar-refractivity contribution is 14.0. The number of piperidine rings is 1. The molecule has 0 aromatic heterocycles. The zero-order chi connectivity index (χ0) is 20.9. The summed E-state index contributed by atoms with van der Waals surface area (Å²) in [5.74, 6) is 1.25. The number of anilines is 1. The van der Waals surface area contributed by atoms with Gasteiger partial charge in [-0.3, -0.25) is 4.99 Å². The highest BCUT2D eigenvalue weighted by Gasteiger charge is 2.25. The first-order valence-electron chi connectivity index (χ1n) is 10.6. The van der Waals surface area contributed by atoms with Crippen molar-refractivity contribution in [2.24, 2.45) is 10.9 Å². The number of guanidine groups is 1. The molecule has 2 N–H and O–H groups in total. The number of hydrogen-bond donors (Lipinski definition) is 2. The molecule has 2 aliphatic heterocycles. The lowest BCUT2D eigenvalue weighted by Crippen LogP contribution is -2.44. The van der Waals surface area contributed by atoms with Crippen molar-refractivity contribution in [3.05, 3.63) is 29.8 Å². The Morgan fingerprint density at radius 2 is 1.87 bits per heavy atom. The van der Waals surface area contributed by atoms with Crippen LogP contribution in [0.2, 0.25) is 0 Å². The third-order valence-corrected chi connectivity index (χ3v) is 7.32. The quantitative estimate of drug-likeness (QED) is 0.324. The second-order valence-corrected chi connectivity index (χ2v) is 10.2. The molecular weight excluding hydrogens is 513 g/mol. The standard InChI is InChI=1S/C21H35N5O2S.HI/c1-17(19-7-6-8-20(15-19)25-11-4-5-12-25)24-21(22-2)23-16-18-9-13-26(14-10-18)29(3,27)28;/h6-8,15,17-18H,4-5,9-14,16H2,1-3H3,(H2,22,23,24);1H. The minimum atomic E-state index is -3.07. The van der Waals surface area contributed by atoms with E-state index in [0.29, 0.717) is 19.0 Å². The average molecular weight is 550 g/mol. The highest BCUT2D eigenvalue weighted by Crippen LogP contribution is 2.24. The van der Waals surface area contributed by atoms with E-state index in [0.717, 1.165) is 38.4 Å². The fourth-order valence-electron chi connectivity index (χ4n) is 4.14. The van der Waals surface area contributed by atoms with Gasteiger partial charge in [0.15, 0.2) is 5.96 Å². The van der Waals surface area contributed by atoms with E-state index < -0.39 is 10.0 Å². The maximum absolute atomic E-state index is 11.6. The van der Waals surface area contributed by atoms with Crippen LogP contribution in [0.3, 0.4) is 0 Å². The van der Waals surface area contributed by atoms with Crippen molar-refractivity contribution >= 4 is 45.6 Å². The molecule has 0 amide bonds. The van der Waals surface area contributed by atoms with Crippen LogP contribution in [0.1, 0.15) is 44.2 Å². The van der Waals surface area contributed by atoms with Gasteiger partial charge in [-0.15, -0.1) is 24.0 Å². The SMILES string of the molecule is CN=C(NCC1CCN(S(C)(=O)=O)CC1)NC(C)c1cccc(N2CCCC2)c1.I. The van der Waals surface area contributed by atoms with Crippen molar-refractivity contribution in [3.63, 3.8) is 0 Å². The molecule has 1 aromatic rings. The van der Waals surface area contributed by atoms with Crippen molar-refractivity contribution in [2.75, 3.05) is 50.9 Å². The Morgan fingerprint density at radius 3 is 2.47 bits per heavy atom. The number of sulfonamides is 1. The van der Waals surface area contributed by atoms with E-state index in [1.165, 1.54) is 30.3 Å². The molecule has 1 aromatic carbocycles. The number of aliphatic imine (C=N–C) groups is 1. The first kappa shape index (κ1) is 25.2. The first-order chi connectivity index (χ1) is 13.9. The third-order valence-electron chi connectivity index (χ3n) is 6.02. The van der Waals surface area contributed by atoms with Gasteiger partial charge in [-0.1, -0.05) is 12.1 Å². The van der Waals surface area contributed by atoms with Gasteiger partial charge >= 0.3 is 0 Å². The molecule has 0 spiro atoms. The van der Waals surface area contributed by atoms with Gasteiger partial charge in [0.1, 0.15) is 0 Å². The second-order valence-electron chi connectivity index (χ2n) is 8.21. The molecule has 3 rings (SSSR count). The van der Waals surface area contributed by atoms with Gasteiger partial charge < -0.3 is 15.5 Å². The monoisotopic (exact) mass is 549 g/mol. The van der Waals surface area contributed by atoms with E-state index in [-0.39, 0.29) is 30.0 Å². The van der Waals surface area contributed by atoms with Crippen LogP contribution in [0, 0.1) is 5.92 Å². The molecular formula is C21H36IN5O2S. The number of nitrogens with one attached hydrogen (secondary N) is 2. The van der Waals surface area contributed by atoms with Crippen molar-refractivity contribution < 1.29 is 8.42 Å². The molecule has 2 saturated heterocycles. The van der Waals surface area contributed by atoms with Crippen molar-refractivity contribution in [1.82, 2.24) is 14.9 Å². The minimum absolute atomic E-state index is 0. The molecule has 0 aliphatic carbocycles. The van der Waals surface area contributed by atoms with Crippen molar-refractivity contribution in [2.45, 2.75) is 38.6 Å². The van der Waals surface area contributed by atoms with E-state index in [1.807, 2.05) is 0 Å². The molecule has 30 heavy (non-hydrogen) atoms. The Hall–Kier alpha value is -1.07. The summed E-state index contributed by atoms with van der Waals surface area (Å²) >= 11 is 0. The molecule has 0 bridgehead atoms. The summed E-state index contributed by atoms with van der Waals surface area (Å²) in [7, 11) is -1.28. The fraction of sp³-hybridized carbons (Fsp3) is 0.667. The maximum atomic E-state index is 11.6. The molecule has 2 aliphatic rings. The first-order valence-corrected chi connectivity index (χ1v) is 12.5. The summed E-state index contributed by atoms with van der Waals surface area (Å²) in [6.45, 7) is 6.46. The van der Waals surface area contributed by atoms with Crippen LogP contribution in [0.4, 0.5) is 5.69 Å². The van der Waals surface area contributed by atoms with E-state index >= 15 is 0 Å². The lowest BCUT2D eigenvalue weighted by Gasteiger charge is -2.30. The van der Waals surface area contributed by atoms with E-state index in [1.54, 1.807) is 11.4 Å². The summed E-state index contributed by atoms with van der Waals surface area (Å²) in [4.78, 5) is 6.82. The van der Waals surface area contributed by atoms with Crippen LogP contribution < -0.4 is 15.5 Å². The van der Waals surface area contributed by atoms with E-state index in [2.05, 4.69) is 51.7 Å². The summed E-state index contributed by atoms with van der Waals surface area (Å²) in [6, 6.07) is 8.91. The molecule has 1 atom stereocenters. The van der Waals surface area contributed by atoms with Crippen LogP contribution in [-0.2, 0) is 10.0 Å². The van der Waals surface area contributed by atoms with Crippen molar-refractivity contribution in [1.29, 1.82) is 0 Å². The van der Waals surface area contributed by atoms with Crippen LogP contribution in [0.5, 0.6) is 0 Å². The Kier molecular flexibility index (Phi) is 9.67. The van der Waals surface area contributed by atoms with Crippen LogP contribution >= 0.6 is 24.0 Å². The molecule has 2 heterocycles. The lowest BCUT2D eigenvalue weighted by molar-refractivity contribution is 0.274. The van der Waals surface area contributed by atoms with Crippen LogP contribution in [-0.4, -0.2) is 64.7 Å². The fourth-order valence-corrected chi connectivity index (χ4v) is 5.01. The molecule has 0 saturated carbocycles. The van der Waals surface area contributed by atoms with Crippen LogP contribution in [0.15, 0.2) is 29.3 Å². The van der Waals surface area contributed by atoms with Gasteiger partial charge in [-0.25, -0.2) is 12.7 Å². The van der Waals surface area contributed by atoms with E-state index in [4.69, 9.17) is 0 Å². The molecule has 1 unspecified atom stereocenters. The lowest BCUT2D eigenvalue weighted by atomic mass is 9.98. The highest BCUT2D eigenvalue weighted by atomic mass is 127. The number of rotatable bonds is 6. The van der Waals surface area contributed by atoms with Crippen LogP contribution in [0.25, 0.3) is 0 Å². The average Bonchev–Trinajstić information content (AvgIpc) is 3.25. The van der Waals surface area contributed by atoms with Gasteiger partial charge in [0.25, 0.3) is 0 Å². The zero-order valence-electron chi connectivity index (χ0n) is 18.3. The minimum Gasteiger partial charge on any atom is -0.372 e. The smallest absolute Gasteiger partial charge is 0.211 e. The summed E-state index contributed by atoms with van der Waals surface area (Å²) in [5, 5.41) is 6.91. The maximum Gasteiger partial charge on any atom is 0.211 e. The summed E-state index contributed by atoms with van der Waals surface area (Å²) in [6.07, 6.45) is 5.60. The number of hydrogen-bond acceptors (Lipinski definition) is 4. The number of nitrogens with zero attached hydrogens (tertiary/aromatic N) is 3. The second kappa shape index (κ2) is 11.5. The van der Waals surface area contributed by atoms with Gasteiger partial charge in [0, 0.05) is 45.5 Å². The van der Waals surface area contributed by atoms with Gasteiger partial charge in [0.2, 0.25) is 10.0 Å². The van der Waals surface area contributed by atoms with Gasteiger partial charge in [0.05, 0.1) is 12.3 Å². The van der Waals surface area contributed by atoms with Gasteiger partial charge in [-0.2, -0.15) is 0 Å². The van der Waals surface area contributed by atoms with E-state index in [9.17, 15) is 8.42 Å². The molecule has 7 nitrogen and oxygen atoms in total.